The summed E-state index contributed by atoms with van der Waals surface area (Å²) in [5.74, 6) is -0.00374. The molecule has 0 unspecified atom stereocenters. The van der Waals surface area contributed by atoms with Gasteiger partial charge < -0.3 is 5.32 Å². The summed E-state index contributed by atoms with van der Waals surface area (Å²) in [6, 6.07) is 11.9. The lowest BCUT2D eigenvalue weighted by molar-refractivity contribution is -0.383. The minimum absolute atomic E-state index is 0.0233. The van der Waals surface area contributed by atoms with Crippen LogP contribution < -0.4 is 10.2 Å². The number of imide groups is 1. The summed E-state index contributed by atoms with van der Waals surface area (Å²) in [7, 11) is 0. The number of nitrogens with zero attached hydrogens (tertiary/aromatic N) is 2. The molecule has 3 fully saturated rings. The Morgan fingerprint density at radius 1 is 0.976 bits per heavy atom. The molecular weight excluding hydrogens is 514 g/mol. The van der Waals surface area contributed by atoms with Gasteiger partial charge in [-0.15, -0.1) is 0 Å². The van der Waals surface area contributed by atoms with E-state index in [0.29, 0.717) is 29.8 Å². The lowest BCUT2D eigenvalue weighted by atomic mass is 9.49. The third-order valence-corrected chi connectivity index (χ3v) is 11.1. The molecule has 0 spiro atoms. The first-order valence-corrected chi connectivity index (χ1v) is 15.6. The van der Waals surface area contributed by atoms with Crippen LogP contribution in [0.3, 0.4) is 0 Å². The van der Waals surface area contributed by atoms with Crippen LogP contribution >= 0.6 is 0 Å². The summed E-state index contributed by atoms with van der Waals surface area (Å²) < 4.78 is 0. The topological polar surface area (TPSA) is 92.6 Å². The fourth-order valence-electron chi connectivity index (χ4n) is 8.89. The number of benzene rings is 2. The summed E-state index contributed by atoms with van der Waals surface area (Å²) in [4.78, 5) is 39.2. The largest absolute Gasteiger partial charge is 0.379 e. The Labute approximate surface area is 243 Å². The number of nitrogens with one attached hydrogen (secondary N) is 1. The van der Waals surface area contributed by atoms with Crippen LogP contribution in [-0.4, -0.2) is 23.3 Å². The molecule has 2 aromatic rings. The molecule has 7 nitrogen and oxygen atoms in total. The molecule has 7 heteroatoms. The van der Waals surface area contributed by atoms with Gasteiger partial charge in [0.25, 0.3) is 5.69 Å². The smallest absolute Gasteiger partial charge is 0.294 e. The molecule has 1 N–H and O–H groups in total. The summed E-state index contributed by atoms with van der Waals surface area (Å²) in [5, 5.41) is 15.7. The molecule has 1 saturated heterocycles. The molecule has 1 heterocycles. The maximum absolute atomic E-state index is 13.1. The van der Waals surface area contributed by atoms with Gasteiger partial charge in [0, 0.05) is 12.6 Å². The highest BCUT2D eigenvalue weighted by Gasteiger charge is 2.52. The predicted molar refractivity (Wildman–Crippen MR) is 161 cm³/mol. The van der Waals surface area contributed by atoms with Crippen LogP contribution in [0.1, 0.15) is 102 Å². The number of amides is 2. The van der Waals surface area contributed by atoms with Crippen molar-refractivity contribution in [1.82, 2.24) is 0 Å². The van der Waals surface area contributed by atoms with Crippen LogP contribution in [0.25, 0.3) is 0 Å². The highest BCUT2D eigenvalue weighted by Crippen LogP contribution is 2.57. The number of carbonyl (C=O) groups is 2. The first kappa shape index (κ1) is 27.9. The molecule has 0 radical (unpaired) electrons. The molecule has 3 aliphatic carbocycles. The average Bonchev–Trinajstić information content (AvgIpc) is 3.21. The molecule has 6 rings (SSSR count). The number of carbonyl (C=O) groups excluding carboxylic acids is 2. The Balaban J connectivity index is 1.24. The van der Waals surface area contributed by atoms with Crippen LogP contribution in [0.5, 0.6) is 0 Å². The van der Waals surface area contributed by atoms with Gasteiger partial charge >= 0.3 is 0 Å². The van der Waals surface area contributed by atoms with E-state index in [-0.39, 0.29) is 40.2 Å². The molecule has 5 atom stereocenters. The van der Waals surface area contributed by atoms with E-state index < -0.39 is 4.92 Å². The Kier molecular flexibility index (Phi) is 6.98. The predicted octanol–water partition coefficient (Wildman–Crippen LogP) is 7.52. The molecule has 4 aliphatic rings. The van der Waals surface area contributed by atoms with E-state index in [1.807, 2.05) is 0 Å². The molecule has 2 amide bonds. The monoisotopic (exact) mass is 557 g/mol. The maximum Gasteiger partial charge on any atom is 0.294 e. The normalized spacial score (nSPS) is 31.0. The third kappa shape index (κ3) is 4.56. The van der Waals surface area contributed by atoms with Gasteiger partial charge in [-0.1, -0.05) is 65.2 Å². The number of hydrogen-bond donors (Lipinski definition) is 1. The van der Waals surface area contributed by atoms with Crippen molar-refractivity contribution >= 4 is 28.9 Å². The van der Waals surface area contributed by atoms with Gasteiger partial charge in [0.2, 0.25) is 11.8 Å². The van der Waals surface area contributed by atoms with Gasteiger partial charge in [-0.25, -0.2) is 4.90 Å². The van der Waals surface area contributed by atoms with Crippen molar-refractivity contribution in [3.63, 3.8) is 0 Å². The van der Waals surface area contributed by atoms with E-state index in [0.717, 1.165) is 57.8 Å². The van der Waals surface area contributed by atoms with Crippen LogP contribution in [0.4, 0.5) is 17.1 Å². The second-order valence-corrected chi connectivity index (χ2v) is 13.9. The van der Waals surface area contributed by atoms with Gasteiger partial charge in [0.05, 0.1) is 22.4 Å². The van der Waals surface area contributed by atoms with Gasteiger partial charge in [0.1, 0.15) is 5.69 Å². The zero-order valence-corrected chi connectivity index (χ0v) is 24.9. The number of nitro groups is 1. The van der Waals surface area contributed by atoms with Gasteiger partial charge in [-0.3, -0.25) is 19.7 Å². The molecule has 0 aromatic heterocycles. The lowest BCUT2D eigenvalue weighted by Crippen LogP contribution is -2.51. The first-order chi connectivity index (χ1) is 19.5. The number of fused-ring (bicyclic) bond motifs is 4. The minimum atomic E-state index is -0.402. The maximum atomic E-state index is 13.1. The Hall–Kier alpha value is -3.22. The lowest BCUT2D eigenvalue weighted by Gasteiger charge is -2.55. The zero-order valence-electron chi connectivity index (χ0n) is 24.9. The van der Waals surface area contributed by atoms with Gasteiger partial charge in [-0.05, 0) is 90.0 Å². The molecule has 41 heavy (non-hydrogen) atoms. The Bertz CT molecular complexity index is 1380. The average molecular weight is 558 g/mol. The zero-order chi connectivity index (χ0) is 29.1. The fraction of sp³-hybridized carbons (Fsp3) is 0.588. The molecule has 2 aromatic carbocycles. The second kappa shape index (κ2) is 10.2. The molecule has 0 bridgehead atoms. The van der Waals surface area contributed by atoms with Crippen molar-refractivity contribution in [2.45, 2.75) is 96.8 Å². The number of nitro benzene ring substituents is 1. The van der Waals surface area contributed by atoms with E-state index in [2.05, 4.69) is 51.2 Å². The van der Waals surface area contributed by atoms with Crippen molar-refractivity contribution in [3.8, 4) is 0 Å². The SMILES string of the molecule is CC(C)c1ccc2c(c1)CC[C@@H]1[C@](C)(CNc3ccc(N4C(=O)[C@@H]5CCCC[C@H]5C4=O)cc3[N+](=O)[O-])CCC[C@@]21C. The van der Waals surface area contributed by atoms with Crippen molar-refractivity contribution in [2.75, 3.05) is 16.8 Å². The number of hydrogen-bond acceptors (Lipinski definition) is 5. The van der Waals surface area contributed by atoms with Crippen LogP contribution in [0, 0.1) is 33.3 Å². The van der Waals surface area contributed by atoms with E-state index >= 15 is 0 Å². The number of aryl methyl sites for hydroxylation is 1. The van der Waals surface area contributed by atoms with Crippen molar-refractivity contribution < 1.29 is 14.5 Å². The van der Waals surface area contributed by atoms with Crippen molar-refractivity contribution in [1.29, 1.82) is 0 Å². The second-order valence-electron chi connectivity index (χ2n) is 13.9. The number of anilines is 2. The number of rotatable bonds is 6. The van der Waals surface area contributed by atoms with E-state index in [9.17, 15) is 19.7 Å². The third-order valence-electron chi connectivity index (χ3n) is 11.1. The van der Waals surface area contributed by atoms with Crippen LogP contribution in [0.15, 0.2) is 36.4 Å². The van der Waals surface area contributed by atoms with Crippen molar-refractivity contribution in [2.24, 2.45) is 23.2 Å². The van der Waals surface area contributed by atoms with Crippen LogP contribution in [0.2, 0.25) is 0 Å². The van der Waals surface area contributed by atoms with E-state index in [1.54, 1.807) is 12.1 Å². The highest BCUT2D eigenvalue weighted by molar-refractivity contribution is 6.22. The van der Waals surface area contributed by atoms with Gasteiger partial charge in [-0.2, -0.15) is 0 Å². The fourth-order valence-corrected chi connectivity index (χ4v) is 8.89. The Morgan fingerprint density at radius 2 is 1.68 bits per heavy atom. The summed E-state index contributed by atoms with van der Waals surface area (Å²) >= 11 is 0. The first-order valence-electron chi connectivity index (χ1n) is 15.6. The molecular formula is C34H43N3O4. The standard InChI is InChI=1S/C34H43N3O4/c1-21(2)22-10-13-27-23(18-22)11-15-30-33(3,16-7-17-34(27,30)4)20-35-28-14-12-24(19-29(28)37(40)41)36-31(38)25-8-5-6-9-26(25)32(36)39/h10,12-14,18-19,21,25-26,30,35H,5-9,11,15-17,20H2,1-4H3/t25-,26-,30-,33+,34+/m1/s1. The quantitative estimate of drug-likeness (QED) is 0.225. The Morgan fingerprint density at radius 3 is 2.34 bits per heavy atom. The highest BCUT2D eigenvalue weighted by atomic mass is 16.6. The molecule has 1 aliphatic heterocycles. The summed E-state index contributed by atoms with van der Waals surface area (Å²) in [6.07, 6.45) is 8.87. The van der Waals surface area contributed by atoms with Crippen molar-refractivity contribution in [3.05, 3.63) is 63.2 Å². The summed E-state index contributed by atoms with van der Waals surface area (Å²) in [6.45, 7) is 9.91. The van der Waals surface area contributed by atoms with E-state index in [4.69, 9.17) is 0 Å². The van der Waals surface area contributed by atoms with Crippen LogP contribution in [-0.2, 0) is 21.4 Å². The summed E-state index contributed by atoms with van der Waals surface area (Å²) in [5.41, 5.74) is 5.11. The molecule has 218 valence electrons. The molecule has 2 saturated carbocycles. The van der Waals surface area contributed by atoms with E-state index in [1.165, 1.54) is 27.7 Å². The minimum Gasteiger partial charge on any atom is -0.379 e. The van der Waals surface area contributed by atoms with Gasteiger partial charge in [0.15, 0.2) is 0 Å².